The number of amides is 1. The zero-order valence-electron chi connectivity index (χ0n) is 20.8. The maximum atomic E-state index is 13.7. The number of nitrogens with zero attached hydrogens (tertiary/aromatic N) is 3. The number of hydrogen-bond donors (Lipinski definition) is 0. The molecule has 2 heterocycles. The first-order chi connectivity index (χ1) is 18.1. The molecule has 1 atom stereocenters. The van der Waals surface area contributed by atoms with E-state index < -0.39 is 0 Å². The quantitative estimate of drug-likeness (QED) is 0.276. The van der Waals surface area contributed by atoms with Crippen molar-refractivity contribution in [1.29, 1.82) is 0 Å². The van der Waals surface area contributed by atoms with E-state index >= 15 is 0 Å². The van der Waals surface area contributed by atoms with Gasteiger partial charge in [0.1, 0.15) is 11.6 Å². The highest BCUT2D eigenvalue weighted by Gasteiger charge is 2.28. The SMILES string of the molecule is CCc1nn(-c2ccc(F)cc2)c(Oc2ccccc2)c1CN(CC1CCCO1)C(=O)c1ccccc1. The Morgan fingerprint density at radius 2 is 1.76 bits per heavy atom. The highest BCUT2D eigenvalue weighted by Crippen LogP contribution is 2.33. The monoisotopic (exact) mass is 499 g/mol. The lowest BCUT2D eigenvalue weighted by molar-refractivity contribution is 0.0505. The minimum absolute atomic E-state index is 0.0108. The largest absolute Gasteiger partial charge is 0.439 e. The average Bonchev–Trinajstić information content (AvgIpc) is 3.57. The molecule has 0 N–H and O–H groups in total. The third-order valence-electron chi connectivity index (χ3n) is 6.49. The summed E-state index contributed by atoms with van der Waals surface area (Å²) in [6.07, 6.45) is 2.54. The van der Waals surface area contributed by atoms with Gasteiger partial charge in [-0.1, -0.05) is 43.3 Å². The number of rotatable bonds is 9. The number of ether oxygens (including phenoxy) is 2. The van der Waals surface area contributed by atoms with Crippen molar-refractivity contribution in [3.8, 4) is 17.3 Å². The number of halogens is 1. The Hall–Kier alpha value is -3.97. The fourth-order valence-corrected chi connectivity index (χ4v) is 4.59. The van der Waals surface area contributed by atoms with Crippen LogP contribution in [0.15, 0.2) is 84.9 Å². The summed E-state index contributed by atoms with van der Waals surface area (Å²) >= 11 is 0. The lowest BCUT2D eigenvalue weighted by Crippen LogP contribution is -2.37. The first kappa shape index (κ1) is 24.7. The standard InChI is InChI=1S/C30H30FN3O3/c1-2-28-27(21-33(20-26-14-9-19-36-26)29(35)22-10-5-3-6-11-22)30(37-25-12-7-4-8-13-25)34(32-28)24-17-15-23(31)16-18-24/h3-8,10-13,15-18,26H,2,9,14,19-21H2,1H3. The van der Waals surface area contributed by atoms with Gasteiger partial charge in [0, 0.05) is 18.7 Å². The summed E-state index contributed by atoms with van der Waals surface area (Å²) in [4.78, 5) is 15.5. The van der Waals surface area contributed by atoms with E-state index in [2.05, 4.69) is 0 Å². The molecule has 190 valence electrons. The smallest absolute Gasteiger partial charge is 0.254 e. The number of carbonyl (C=O) groups excluding carboxylic acids is 1. The molecule has 0 aliphatic carbocycles. The van der Waals surface area contributed by atoms with Crippen LogP contribution in [-0.4, -0.2) is 39.8 Å². The van der Waals surface area contributed by atoms with E-state index in [1.807, 2.05) is 72.5 Å². The average molecular weight is 500 g/mol. The van der Waals surface area contributed by atoms with Crippen LogP contribution >= 0.6 is 0 Å². The lowest BCUT2D eigenvalue weighted by atomic mass is 10.1. The first-order valence-corrected chi connectivity index (χ1v) is 12.7. The second kappa shape index (κ2) is 11.4. The van der Waals surface area contributed by atoms with E-state index in [9.17, 15) is 9.18 Å². The lowest BCUT2D eigenvalue weighted by Gasteiger charge is -2.26. The van der Waals surface area contributed by atoms with Crippen molar-refractivity contribution in [2.75, 3.05) is 13.2 Å². The number of para-hydroxylation sites is 1. The van der Waals surface area contributed by atoms with E-state index in [0.29, 0.717) is 49.0 Å². The maximum absolute atomic E-state index is 13.7. The molecule has 37 heavy (non-hydrogen) atoms. The number of benzene rings is 3. The molecule has 0 saturated carbocycles. The predicted octanol–water partition coefficient (Wildman–Crippen LogP) is 6.19. The molecule has 0 radical (unpaired) electrons. The van der Waals surface area contributed by atoms with Crippen LogP contribution in [0.5, 0.6) is 11.6 Å². The molecule has 1 fully saturated rings. The zero-order valence-corrected chi connectivity index (χ0v) is 20.8. The van der Waals surface area contributed by atoms with Gasteiger partial charge in [0.05, 0.1) is 29.6 Å². The highest BCUT2D eigenvalue weighted by molar-refractivity contribution is 5.94. The van der Waals surface area contributed by atoms with Gasteiger partial charge in [-0.25, -0.2) is 9.07 Å². The van der Waals surface area contributed by atoms with Gasteiger partial charge in [-0.15, -0.1) is 0 Å². The molecule has 1 aromatic heterocycles. The van der Waals surface area contributed by atoms with Crippen molar-refractivity contribution in [3.05, 3.63) is 108 Å². The van der Waals surface area contributed by atoms with Gasteiger partial charge in [0.25, 0.3) is 5.91 Å². The Morgan fingerprint density at radius 1 is 1.05 bits per heavy atom. The van der Waals surface area contributed by atoms with E-state index in [0.717, 1.165) is 24.1 Å². The molecule has 1 aliphatic heterocycles. The second-order valence-corrected chi connectivity index (χ2v) is 9.07. The first-order valence-electron chi connectivity index (χ1n) is 12.7. The molecule has 5 rings (SSSR count). The summed E-state index contributed by atoms with van der Waals surface area (Å²) in [6.45, 7) is 3.52. The Labute approximate surface area is 216 Å². The number of aromatic nitrogens is 2. The van der Waals surface area contributed by atoms with Crippen LogP contribution in [0.4, 0.5) is 4.39 Å². The number of hydrogen-bond acceptors (Lipinski definition) is 4. The summed E-state index contributed by atoms with van der Waals surface area (Å²) in [5.74, 6) is 0.759. The Balaban J connectivity index is 1.57. The Bertz CT molecular complexity index is 1320. The van der Waals surface area contributed by atoms with Crippen LogP contribution in [-0.2, 0) is 17.7 Å². The van der Waals surface area contributed by atoms with Crippen molar-refractivity contribution in [2.24, 2.45) is 0 Å². The molecule has 6 nitrogen and oxygen atoms in total. The van der Waals surface area contributed by atoms with E-state index in [4.69, 9.17) is 14.6 Å². The molecular weight excluding hydrogens is 469 g/mol. The van der Waals surface area contributed by atoms with Crippen LogP contribution in [0.3, 0.4) is 0 Å². The van der Waals surface area contributed by atoms with Gasteiger partial charge in [-0.3, -0.25) is 4.79 Å². The number of carbonyl (C=O) groups is 1. The molecular formula is C30H30FN3O3. The molecule has 3 aromatic carbocycles. The molecule has 1 unspecified atom stereocenters. The zero-order chi connectivity index (χ0) is 25.6. The van der Waals surface area contributed by atoms with Crippen molar-refractivity contribution in [2.45, 2.75) is 38.8 Å². The van der Waals surface area contributed by atoms with Crippen molar-refractivity contribution >= 4 is 5.91 Å². The van der Waals surface area contributed by atoms with Crippen LogP contribution in [0.1, 0.15) is 41.4 Å². The summed E-state index contributed by atoms with van der Waals surface area (Å²) in [6, 6.07) is 24.9. The van der Waals surface area contributed by atoms with E-state index in [-0.39, 0.29) is 17.8 Å². The molecule has 1 aliphatic rings. The van der Waals surface area contributed by atoms with Crippen LogP contribution < -0.4 is 4.74 Å². The topological polar surface area (TPSA) is 56.6 Å². The van der Waals surface area contributed by atoms with Crippen molar-refractivity contribution in [1.82, 2.24) is 14.7 Å². The van der Waals surface area contributed by atoms with Crippen LogP contribution in [0, 0.1) is 5.82 Å². The predicted molar refractivity (Wildman–Crippen MR) is 140 cm³/mol. The Kier molecular flexibility index (Phi) is 7.61. The van der Waals surface area contributed by atoms with Crippen LogP contribution in [0.25, 0.3) is 5.69 Å². The normalized spacial score (nSPS) is 15.0. The molecule has 0 spiro atoms. The molecule has 1 saturated heterocycles. The van der Waals surface area contributed by atoms with Gasteiger partial charge >= 0.3 is 0 Å². The van der Waals surface area contributed by atoms with Gasteiger partial charge in [0.2, 0.25) is 5.88 Å². The fraction of sp³-hybridized carbons (Fsp3) is 0.267. The van der Waals surface area contributed by atoms with Crippen LogP contribution in [0.2, 0.25) is 0 Å². The fourth-order valence-electron chi connectivity index (χ4n) is 4.59. The Morgan fingerprint density at radius 3 is 2.41 bits per heavy atom. The second-order valence-electron chi connectivity index (χ2n) is 9.07. The van der Waals surface area contributed by atoms with E-state index in [1.165, 1.54) is 12.1 Å². The summed E-state index contributed by atoms with van der Waals surface area (Å²) in [7, 11) is 0. The molecule has 4 aromatic rings. The minimum Gasteiger partial charge on any atom is -0.439 e. The maximum Gasteiger partial charge on any atom is 0.254 e. The number of aryl methyl sites for hydroxylation is 1. The molecule has 0 bridgehead atoms. The highest BCUT2D eigenvalue weighted by atomic mass is 19.1. The molecule has 1 amide bonds. The third kappa shape index (κ3) is 5.73. The third-order valence-corrected chi connectivity index (χ3v) is 6.49. The molecule has 7 heteroatoms. The van der Waals surface area contributed by atoms with Gasteiger partial charge in [-0.05, 0) is 67.8 Å². The minimum atomic E-state index is -0.325. The van der Waals surface area contributed by atoms with Gasteiger partial charge < -0.3 is 14.4 Å². The summed E-state index contributed by atoms with van der Waals surface area (Å²) in [5, 5.41) is 4.84. The summed E-state index contributed by atoms with van der Waals surface area (Å²) in [5.41, 5.74) is 2.93. The van der Waals surface area contributed by atoms with Gasteiger partial charge in [0.15, 0.2) is 0 Å². The van der Waals surface area contributed by atoms with Gasteiger partial charge in [-0.2, -0.15) is 5.10 Å². The van der Waals surface area contributed by atoms with E-state index in [1.54, 1.807) is 16.8 Å². The van der Waals surface area contributed by atoms with Crippen molar-refractivity contribution < 1.29 is 18.7 Å². The van der Waals surface area contributed by atoms with Crippen molar-refractivity contribution in [3.63, 3.8) is 0 Å². The summed E-state index contributed by atoms with van der Waals surface area (Å²) < 4.78 is 27.7.